The highest BCUT2D eigenvalue weighted by Gasteiger charge is 2.19. The molecule has 3 heterocycles. The Morgan fingerprint density at radius 1 is 0.333 bits per heavy atom. The number of para-hydroxylation sites is 1. The molecule has 0 N–H and O–H groups in total. The molecule has 3 aromatic heterocycles. The summed E-state index contributed by atoms with van der Waals surface area (Å²) in [5.74, 6) is 0. The van der Waals surface area contributed by atoms with Crippen LogP contribution in [0, 0.1) is 0 Å². The van der Waals surface area contributed by atoms with Gasteiger partial charge >= 0.3 is 0 Å². The van der Waals surface area contributed by atoms with Crippen molar-refractivity contribution in [3.63, 3.8) is 0 Å². The molecular weight excluding hydrogens is 619 g/mol. The van der Waals surface area contributed by atoms with Crippen LogP contribution in [0.2, 0.25) is 0 Å². The van der Waals surface area contributed by atoms with Crippen molar-refractivity contribution >= 4 is 43.4 Å². The lowest BCUT2D eigenvalue weighted by Crippen LogP contribution is -1.94. The summed E-state index contributed by atoms with van der Waals surface area (Å²) in [7, 11) is 0. The molecule has 238 valence electrons. The first-order valence-electron chi connectivity index (χ1n) is 17.3. The lowest BCUT2D eigenvalue weighted by molar-refractivity contribution is 1.16. The molecule has 3 heteroatoms. The van der Waals surface area contributed by atoms with E-state index in [9.17, 15) is 0 Å². The average Bonchev–Trinajstić information content (AvgIpc) is 3.54. The summed E-state index contributed by atoms with van der Waals surface area (Å²) < 4.78 is 2.32. The Labute approximate surface area is 295 Å². The van der Waals surface area contributed by atoms with Crippen molar-refractivity contribution < 1.29 is 0 Å². The molecule has 0 aliphatic rings. The third-order valence-electron chi connectivity index (χ3n) is 10.1. The zero-order valence-electron chi connectivity index (χ0n) is 27.7. The number of nitrogens with zero attached hydrogens (tertiary/aromatic N) is 3. The van der Waals surface area contributed by atoms with Crippen LogP contribution in [0.3, 0.4) is 0 Å². The second-order valence-electron chi connectivity index (χ2n) is 13.0. The van der Waals surface area contributed by atoms with Crippen LogP contribution in [-0.2, 0) is 0 Å². The lowest BCUT2D eigenvalue weighted by Gasteiger charge is -2.18. The number of hydrogen-bond donors (Lipinski definition) is 0. The lowest BCUT2D eigenvalue weighted by atomic mass is 9.85. The molecule has 7 aromatic carbocycles. The minimum atomic E-state index is 0.860. The zero-order valence-corrected chi connectivity index (χ0v) is 27.7. The number of fused-ring (bicyclic) bond motifs is 5. The molecule has 0 unspecified atom stereocenters. The van der Waals surface area contributed by atoms with Gasteiger partial charge in [0.25, 0.3) is 0 Å². The minimum Gasteiger partial charge on any atom is -0.308 e. The van der Waals surface area contributed by atoms with Gasteiger partial charge in [-0.1, -0.05) is 133 Å². The molecule has 0 bridgehead atoms. The number of benzene rings is 7. The first-order chi connectivity index (χ1) is 25.3. The monoisotopic (exact) mass is 649 g/mol. The molecule has 3 nitrogen and oxygen atoms in total. The molecule has 0 amide bonds. The Hall–Kier alpha value is -6.84. The van der Waals surface area contributed by atoms with E-state index < -0.39 is 0 Å². The SMILES string of the molecule is c1ccc(-c2ccc(-c3c4ccccc4c(-c4ccc5c(c4)c4cc(-c6ccccn6)ncc4n5-c4ccccc4)c4ccccc34)cc2)cc1. The van der Waals surface area contributed by atoms with Gasteiger partial charge in [-0.3, -0.25) is 9.97 Å². The van der Waals surface area contributed by atoms with Crippen molar-refractivity contribution in [2.24, 2.45) is 0 Å². The van der Waals surface area contributed by atoms with Crippen LogP contribution in [0.5, 0.6) is 0 Å². The first-order valence-corrected chi connectivity index (χ1v) is 17.3. The van der Waals surface area contributed by atoms with Crippen LogP contribution in [0.25, 0.3) is 93.8 Å². The summed E-state index contributed by atoms with van der Waals surface area (Å²) in [4.78, 5) is 9.52. The fourth-order valence-corrected chi connectivity index (χ4v) is 7.79. The van der Waals surface area contributed by atoms with Gasteiger partial charge in [0.1, 0.15) is 0 Å². The maximum absolute atomic E-state index is 4.90. The van der Waals surface area contributed by atoms with Crippen molar-refractivity contribution in [2.75, 3.05) is 0 Å². The van der Waals surface area contributed by atoms with Gasteiger partial charge in [0.2, 0.25) is 0 Å². The summed E-state index contributed by atoms with van der Waals surface area (Å²) >= 11 is 0. The van der Waals surface area contributed by atoms with E-state index in [4.69, 9.17) is 4.98 Å². The summed E-state index contributed by atoms with van der Waals surface area (Å²) in [6.45, 7) is 0. The highest BCUT2D eigenvalue weighted by Crippen LogP contribution is 2.45. The average molecular weight is 650 g/mol. The first kappa shape index (κ1) is 29.1. The van der Waals surface area contributed by atoms with E-state index in [0.29, 0.717) is 0 Å². The fourth-order valence-electron chi connectivity index (χ4n) is 7.79. The molecular formula is C48H31N3. The second kappa shape index (κ2) is 11.9. The molecule has 0 atom stereocenters. The number of hydrogen-bond acceptors (Lipinski definition) is 2. The highest BCUT2D eigenvalue weighted by atomic mass is 15.0. The Morgan fingerprint density at radius 3 is 1.51 bits per heavy atom. The minimum absolute atomic E-state index is 0.860. The molecule has 0 fully saturated rings. The summed E-state index contributed by atoms with van der Waals surface area (Å²) in [5, 5.41) is 7.29. The van der Waals surface area contributed by atoms with E-state index >= 15 is 0 Å². The predicted octanol–water partition coefficient (Wildman–Crippen LogP) is 12.5. The van der Waals surface area contributed by atoms with Gasteiger partial charge in [0, 0.05) is 22.7 Å². The van der Waals surface area contributed by atoms with Crippen molar-refractivity contribution in [2.45, 2.75) is 0 Å². The maximum atomic E-state index is 4.90. The van der Waals surface area contributed by atoms with Gasteiger partial charge in [-0.25, -0.2) is 0 Å². The molecule has 0 aliphatic carbocycles. The number of rotatable bonds is 5. The largest absolute Gasteiger partial charge is 0.308 e. The number of aromatic nitrogens is 3. The van der Waals surface area contributed by atoms with E-state index in [1.165, 1.54) is 60.3 Å². The zero-order chi connectivity index (χ0) is 33.7. The van der Waals surface area contributed by atoms with Crippen LogP contribution in [-0.4, -0.2) is 14.5 Å². The van der Waals surface area contributed by atoms with Crippen molar-refractivity contribution in [3.05, 3.63) is 188 Å². The highest BCUT2D eigenvalue weighted by molar-refractivity contribution is 6.22. The van der Waals surface area contributed by atoms with Crippen LogP contribution in [0.1, 0.15) is 0 Å². The van der Waals surface area contributed by atoms with Crippen LogP contribution >= 0.6 is 0 Å². The quantitative estimate of drug-likeness (QED) is 0.174. The Balaban J connectivity index is 1.22. The molecule has 0 spiro atoms. The van der Waals surface area contributed by atoms with E-state index in [2.05, 4.69) is 167 Å². The maximum Gasteiger partial charge on any atom is 0.0893 e. The van der Waals surface area contributed by atoms with Gasteiger partial charge in [-0.05, 0) is 97.4 Å². The molecule has 51 heavy (non-hydrogen) atoms. The predicted molar refractivity (Wildman–Crippen MR) is 213 cm³/mol. The third-order valence-corrected chi connectivity index (χ3v) is 10.1. The smallest absolute Gasteiger partial charge is 0.0893 e. The normalized spacial score (nSPS) is 11.5. The Kier molecular flexibility index (Phi) is 6.81. The van der Waals surface area contributed by atoms with Gasteiger partial charge in [0.15, 0.2) is 0 Å². The molecule has 10 rings (SSSR count). The van der Waals surface area contributed by atoms with Crippen LogP contribution < -0.4 is 0 Å². The summed E-state index contributed by atoms with van der Waals surface area (Å²) in [6.07, 6.45) is 3.82. The summed E-state index contributed by atoms with van der Waals surface area (Å²) in [6, 6.07) is 63.0. The van der Waals surface area contributed by atoms with E-state index in [-0.39, 0.29) is 0 Å². The Bertz CT molecular complexity index is 2820. The molecule has 0 radical (unpaired) electrons. The number of pyridine rings is 2. The van der Waals surface area contributed by atoms with E-state index in [1.54, 1.807) is 0 Å². The van der Waals surface area contributed by atoms with Crippen LogP contribution in [0.4, 0.5) is 0 Å². The van der Waals surface area contributed by atoms with Gasteiger partial charge in [-0.2, -0.15) is 0 Å². The van der Waals surface area contributed by atoms with Crippen LogP contribution in [0.15, 0.2) is 188 Å². The van der Waals surface area contributed by atoms with Crippen molar-refractivity contribution in [3.8, 4) is 50.5 Å². The molecule has 0 saturated heterocycles. The summed E-state index contributed by atoms with van der Waals surface area (Å²) in [5.41, 5.74) is 12.4. The Morgan fingerprint density at radius 2 is 0.863 bits per heavy atom. The van der Waals surface area contributed by atoms with Crippen molar-refractivity contribution in [1.29, 1.82) is 0 Å². The fraction of sp³-hybridized carbons (Fsp3) is 0. The van der Waals surface area contributed by atoms with Gasteiger partial charge < -0.3 is 4.57 Å². The molecule has 0 aliphatic heterocycles. The van der Waals surface area contributed by atoms with E-state index in [1.807, 2.05) is 30.6 Å². The van der Waals surface area contributed by atoms with Gasteiger partial charge in [-0.15, -0.1) is 0 Å². The molecule has 0 saturated carbocycles. The third kappa shape index (κ3) is 4.82. The van der Waals surface area contributed by atoms with E-state index in [0.717, 1.165) is 33.5 Å². The molecule has 10 aromatic rings. The standard InChI is InChI=1S/C48H31N3/c1-3-13-32(14-4-1)33-22-24-34(25-23-33)47-37-17-7-9-19-39(37)48(40-20-10-8-18-38(40)47)35-26-27-45-41(29-35)42-30-44(43-21-11-12-28-49-43)50-31-46(42)51(45)36-15-5-2-6-16-36/h1-31H. The topological polar surface area (TPSA) is 30.7 Å². The van der Waals surface area contributed by atoms with Gasteiger partial charge in [0.05, 0.1) is 28.6 Å². The van der Waals surface area contributed by atoms with Crippen molar-refractivity contribution in [1.82, 2.24) is 14.5 Å². The second-order valence-corrected chi connectivity index (χ2v) is 13.0.